The van der Waals surface area contributed by atoms with Crippen LogP contribution in [-0.2, 0) is 0 Å². The Hall–Kier alpha value is -6.19. The molecule has 234 valence electrons. The van der Waals surface area contributed by atoms with E-state index in [1.165, 1.54) is 45.6 Å². The van der Waals surface area contributed by atoms with E-state index in [4.69, 9.17) is 0 Å². The quantitative estimate of drug-likeness (QED) is 0.172. The lowest BCUT2D eigenvalue weighted by Gasteiger charge is -2.28. The first-order valence-corrected chi connectivity index (χ1v) is 17.1. The Morgan fingerprint density at radius 2 is 1.12 bits per heavy atom. The van der Waals surface area contributed by atoms with E-state index in [1.54, 1.807) is 0 Å². The molecule has 3 nitrogen and oxygen atoms in total. The zero-order valence-corrected chi connectivity index (χ0v) is 27.1. The Morgan fingerprint density at radius 3 is 1.78 bits per heavy atom. The second-order valence-corrected chi connectivity index (χ2v) is 13.0. The number of rotatable bonds is 7. The van der Waals surface area contributed by atoms with Crippen LogP contribution < -0.4 is 10.2 Å². The summed E-state index contributed by atoms with van der Waals surface area (Å²) in [5.74, 6) is 0.558. The fraction of sp³-hybridized carbons (Fsp3) is 0.0652. The highest BCUT2D eigenvalue weighted by Gasteiger charge is 2.31. The average Bonchev–Trinajstić information content (AvgIpc) is 4.02. The van der Waals surface area contributed by atoms with E-state index in [0.29, 0.717) is 11.6 Å². The minimum absolute atomic E-state index is 0.494. The molecule has 0 atom stereocenters. The van der Waals surface area contributed by atoms with E-state index in [1.807, 2.05) is 6.07 Å². The number of nitrogens with one attached hydrogen (secondary N) is 2. The van der Waals surface area contributed by atoms with Crippen molar-refractivity contribution in [3.05, 3.63) is 192 Å². The lowest BCUT2D eigenvalue weighted by atomic mass is 9.88. The predicted octanol–water partition coefficient (Wildman–Crippen LogP) is 11.8. The van der Waals surface area contributed by atoms with Gasteiger partial charge < -0.3 is 10.2 Å². The van der Waals surface area contributed by atoms with Gasteiger partial charge in [-0.3, -0.25) is 5.41 Å². The van der Waals surface area contributed by atoms with Crippen molar-refractivity contribution in [2.75, 3.05) is 4.90 Å². The number of anilines is 3. The van der Waals surface area contributed by atoms with E-state index in [2.05, 4.69) is 174 Å². The molecule has 0 radical (unpaired) electrons. The number of fused-ring (bicyclic) bond motifs is 3. The molecule has 1 fully saturated rings. The minimum Gasteiger partial charge on any atom is -0.358 e. The number of nitrogens with zero attached hydrogens (tertiary/aromatic N) is 1. The number of hydrogen-bond donors (Lipinski definition) is 2. The fourth-order valence-electron chi connectivity index (χ4n) is 7.23. The molecule has 49 heavy (non-hydrogen) atoms. The molecule has 0 aromatic heterocycles. The Kier molecular flexibility index (Phi) is 7.17. The van der Waals surface area contributed by atoms with Crippen LogP contribution in [0.15, 0.2) is 169 Å². The molecule has 0 amide bonds. The predicted molar refractivity (Wildman–Crippen MR) is 207 cm³/mol. The third-order valence-corrected chi connectivity index (χ3v) is 9.82. The van der Waals surface area contributed by atoms with Crippen LogP contribution in [0.5, 0.6) is 0 Å². The summed E-state index contributed by atoms with van der Waals surface area (Å²) in [6.45, 7) is 0. The largest absolute Gasteiger partial charge is 0.358 e. The molecule has 2 N–H and O–H groups in total. The van der Waals surface area contributed by atoms with Crippen LogP contribution in [0.1, 0.15) is 35.1 Å². The van der Waals surface area contributed by atoms with Gasteiger partial charge in [0.15, 0.2) is 0 Å². The second kappa shape index (κ2) is 12.1. The van der Waals surface area contributed by atoms with Crippen molar-refractivity contribution < 1.29 is 0 Å². The highest BCUT2D eigenvalue weighted by molar-refractivity contribution is 6.36. The topological polar surface area (TPSA) is 39.1 Å². The van der Waals surface area contributed by atoms with Crippen molar-refractivity contribution in [1.82, 2.24) is 5.32 Å². The van der Waals surface area contributed by atoms with E-state index in [-0.39, 0.29) is 0 Å². The van der Waals surface area contributed by atoms with Gasteiger partial charge in [0, 0.05) is 38.9 Å². The number of hydrogen-bond acceptors (Lipinski definition) is 3. The number of allylic oxidation sites excluding steroid dienone is 2. The summed E-state index contributed by atoms with van der Waals surface area (Å²) in [5, 5.41) is 18.4. The molecule has 1 aliphatic carbocycles. The van der Waals surface area contributed by atoms with Crippen molar-refractivity contribution in [2.24, 2.45) is 5.92 Å². The number of benzene rings is 7. The smallest absolute Gasteiger partial charge is 0.0711 e. The summed E-state index contributed by atoms with van der Waals surface area (Å²) in [6, 6.07) is 57.7. The van der Waals surface area contributed by atoms with Gasteiger partial charge in [-0.1, -0.05) is 140 Å². The first-order chi connectivity index (χ1) is 24.2. The summed E-state index contributed by atoms with van der Waals surface area (Å²) >= 11 is 0. The monoisotopic (exact) mass is 629 g/mol. The molecular formula is C46H35N3. The Bertz CT molecular complexity index is 2340. The van der Waals surface area contributed by atoms with Crippen LogP contribution >= 0.6 is 0 Å². The minimum atomic E-state index is 0.494. The Labute approximate surface area is 287 Å². The highest BCUT2D eigenvalue weighted by Crippen LogP contribution is 2.44. The summed E-state index contributed by atoms with van der Waals surface area (Å²) in [7, 11) is 0. The Balaban J connectivity index is 1.19. The summed E-state index contributed by atoms with van der Waals surface area (Å²) in [6.07, 6.45) is 4.71. The molecule has 0 bridgehead atoms. The van der Waals surface area contributed by atoms with Crippen molar-refractivity contribution in [3.63, 3.8) is 0 Å². The van der Waals surface area contributed by atoms with Crippen molar-refractivity contribution in [2.45, 2.75) is 12.8 Å². The Morgan fingerprint density at radius 1 is 0.551 bits per heavy atom. The van der Waals surface area contributed by atoms with Gasteiger partial charge in [0.1, 0.15) is 0 Å². The molecule has 1 heterocycles. The second-order valence-electron chi connectivity index (χ2n) is 13.0. The zero-order valence-electron chi connectivity index (χ0n) is 27.1. The molecule has 3 heteroatoms. The van der Waals surface area contributed by atoms with Crippen LogP contribution in [0.4, 0.5) is 17.1 Å². The lowest BCUT2D eigenvalue weighted by molar-refractivity contribution is 0.898. The first kappa shape index (κ1) is 29.0. The van der Waals surface area contributed by atoms with Crippen LogP contribution in [-0.4, -0.2) is 5.71 Å². The van der Waals surface area contributed by atoms with Crippen LogP contribution in [0.2, 0.25) is 0 Å². The normalized spacial score (nSPS) is 14.9. The van der Waals surface area contributed by atoms with Gasteiger partial charge >= 0.3 is 0 Å². The van der Waals surface area contributed by atoms with Gasteiger partial charge in [0.25, 0.3) is 0 Å². The van der Waals surface area contributed by atoms with Crippen molar-refractivity contribution >= 4 is 61.7 Å². The van der Waals surface area contributed by atoms with Gasteiger partial charge in [-0.05, 0) is 71.0 Å². The third-order valence-electron chi connectivity index (χ3n) is 9.82. The standard InChI is InChI=1S/C46H35N3/c47-45(44(34-14-2-1-3-15-34)46-40-21-9-6-16-36(40)30-41(48-46)33-24-25-33)35-26-28-37(29-27-35)49(42-22-10-17-31-12-4-7-19-38(31)42)43-23-11-18-32-13-5-8-20-39(32)43/h1-23,26-30,33,47-48H,24-25H2/b46-44-,47-45?. The lowest BCUT2D eigenvalue weighted by Crippen LogP contribution is -2.22. The van der Waals surface area contributed by atoms with Gasteiger partial charge in [-0.15, -0.1) is 0 Å². The van der Waals surface area contributed by atoms with Crippen LogP contribution in [0.3, 0.4) is 0 Å². The molecule has 9 rings (SSSR count). The van der Waals surface area contributed by atoms with Gasteiger partial charge in [0.2, 0.25) is 0 Å². The summed E-state index contributed by atoms with van der Waals surface area (Å²) < 4.78 is 0. The first-order valence-electron chi connectivity index (χ1n) is 17.1. The summed E-state index contributed by atoms with van der Waals surface area (Å²) in [5.41, 5.74) is 11.2. The zero-order chi connectivity index (χ0) is 32.7. The van der Waals surface area contributed by atoms with Crippen molar-refractivity contribution in [3.8, 4) is 0 Å². The molecule has 1 aliphatic heterocycles. The van der Waals surface area contributed by atoms with E-state index >= 15 is 0 Å². The molecule has 0 saturated heterocycles. The molecular weight excluding hydrogens is 595 g/mol. The van der Waals surface area contributed by atoms with E-state index in [9.17, 15) is 5.41 Å². The van der Waals surface area contributed by atoms with Crippen molar-refractivity contribution in [1.29, 1.82) is 5.41 Å². The molecule has 2 aliphatic rings. The maximum Gasteiger partial charge on any atom is 0.0711 e. The highest BCUT2D eigenvalue weighted by atomic mass is 15.1. The van der Waals surface area contributed by atoms with Crippen LogP contribution in [0, 0.1) is 11.3 Å². The molecule has 1 saturated carbocycles. The van der Waals surface area contributed by atoms with Crippen LogP contribution in [0.25, 0.3) is 38.9 Å². The molecule has 7 aromatic rings. The van der Waals surface area contributed by atoms with Gasteiger partial charge in [-0.2, -0.15) is 0 Å². The molecule has 0 spiro atoms. The van der Waals surface area contributed by atoms with E-state index < -0.39 is 0 Å². The molecule has 7 aromatic carbocycles. The van der Waals surface area contributed by atoms with Gasteiger partial charge in [-0.25, -0.2) is 0 Å². The molecule has 0 unspecified atom stereocenters. The van der Waals surface area contributed by atoms with E-state index in [0.717, 1.165) is 45.0 Å². The SMILES string of the molecule is N=C(/C(=C1\NC(C2CC2)=Cc2ccccc21)c1ccccc1)c1ccc(N(c2cccc3ccccc23)c2cccc3ccccc23)cc1. The average molecular weight is 630 g/mol. The summed E-state index contributed by atoms with van der Waals surface area (Å²) in [4.78, 5) is 2.36. The third kappa shape index (κ3) is 5.30. The maximum absolute atomic E-state index is 9.78. The maximum atomic E-state index is 9.78. The van der Waals surface area contributed by atoms with Gasteiger partial charge in [0.05, 0.1) is 22.8 Å². The fourth-order valence-corrected chi connectivity index (χ4v) is 7.23.